The van der Waals surface area contributed by atoms with E-state index in [1.807, 2.05) is 12.1 Å². The molecule has 20 heavy (non-hydrogen) atoms. The predicted molar refractivity (Wildman–Crippen MR) is 79.5 cm³/mol. The van der Waals surface area contributed by atoms with Crippen LogP contribution in [-0.2, 0) is 10.2 Å². The summed E-state index contributed by atoms with van der Waals surface area (Å²) in [4.78, 5) is 13.0. The maximum absolute atomic E-state index is 13.0. The number of rotatable bonds is 2. The van der Waals surface area contributed by atoms with Crippen molar-refractivity contribution in [1.82, 2.24) is 0 Å². The summed E-state index contributed by atoms with van der Waals surface area (Å²) in [6, 6.07) is 20.8. The monoisotopic (exact) mass is 262 g/mol. The molecule has 1 heteroatoms. The second kappa shape index (κ2) is 4.31. The van der Waals surface area contributed by atoms with Crippen molar-refractivity contribution >= 4 is 5.78 Å². The topological polar surface area (TPSA) is 17.1 Å². The van der Waals surface area contributed by atoms with Gasteiger partial charge in [-0.05, 0) is 29.9 Å². The first-order valence-electron chi connectivity index (χ1n) is 7.50. The van der Waals surface area contributed by atoms with E-state index in [0.29, 0.717) is 17.6 Å². The van der Waals surface area contributed by atoms with Gasteiger partial charge in [0, 0.05) is 5.92 Å². The minimum atomic E-state index is -0.371. The lowest BCUT2D eigenvalue weighted by atomic mass is 9.48. The predicted octanol–water partition coefficient (Wildman–Crippen LogP) is 3.97. The minimum Gasteiger partial charge on any atom is -0.298 e. The number of Topliss-reactive ketones (excluding diaryl/α,β-unsaturated/α-hetero) is 1. The van der Waals surface area contributed by atoms with Crippen LogP contribution in [0.25, 0.3) is 0 Å². The van der Waals surface area contributed by atoms with Crippen LogP contribution in [0, 0.1) is 11.8 Å². The lowest BCUT2D eigenvalue weighted by Gasteiger charge is -2.51. The van der Waals surface area contributed by atoms with Crippen LogP contribution in [0.1, 0.15) is 30.4 Å². The molecule has 2 saturated carbocycles. The molecule has 100 valence electrons. The molecule has 0 N–H and O–H groups in total. The van der Waals surface area contributed by atoms with Gasteiger partial charge in [0.15, 0.2) is 5.78 Å². The van der Waals surface area contributed by atoms with Crippen molar-refractivity contribution in [3.8, 4) is 0 Å². The van der Waals surface area contributed by atoms with Crippen molar-refractivity contribution in [1.29, 1.82) is 0 Å². The Bertz CT molecular complexity index is 590. The van der Waals surface area contributed by atoms with Gasteiger partial charge in [-0.2, -0.15) is 0 Å². The van der Waals surface area contributed by atoms with E-state index in [2.05, 4.69) is 48.5 Å². The molecule has 2 aliphatic carbocycles. The van der Waals surface area contributed by atoms with E-state index >= 15 is 0 Å². The molecule has 0 radical (unpaired) electrons. The Morgan fingerprint density at radius 3 is 1.90 bits per heavy atom. The van der Waals surface area contributed by atoms with Gasteiger partial charge in [-0.25, -0.2) is 0 Å². The second-order valence-corrected chi connectivity index (χ2v) is 6.05. The van der Waals surface area contributed by atoms with Crippen molar-refractivity contribution < 1.29 is 4.79 Å². The number of benzene rings is 2. The van der Waals surface area contributed by atoms with Crippen LogP contribution in [0.15, 0.2) is 60.7 Å². The molecule has 2 aromatic carbocycles. The molecule has 1 nitrogen and oxygen atoms in total. The Hall–Kier alpha value is -1.89. The maximum atomic E-state index is 13.0. The molecule has 0 saturated heterocycles. The fraction of sp³-hybridized carbons (Fsp3) is 0.316. The number of hydrogen-bond donors (Lipinski definition) is 0. The van der Waals surface area contributed by atoms with Crippen LogP contribution >= 0.6 is 0 Å². The molecule has 0 amide bonds. The van der Waals surface area contributed by atoms with Crippen LogP contribution in [0.4, 0.5) is 0 Å². The van der Waals surface area contributed by atoms with Crippen molar-refractivity contribution in [2.45, 2.75) is 24.7 Å². The van der Waals surface area contributed by atoms with Crippen molar-refractivity contribution in [3.05, 3.63) is 71.8 Å². The van der Waals surface area contributed by atoms with Crippen LogP contribution in [0.2, 0.25) is 0 Å². The van der Waals surface area contributed by atoms with Gasteiger partial charge in [0.1, 0.15) is 0 Å². The standard InChI is InChI=1S/C19H18O/c20-18-16-12-7-13-17(16)19(18,14-8-3-1-4-9-14)15-10-5-2-6-11-15/h1-6,8-11,16-17H,7,12-13H2/t16-,17+/m1/s1. The highest BCUT2D eigenvalue weighted by Gasteiger charge is 2.64. The average Bonchev–Trinajstić information content (AvgIpc) is 2.95. The van der Waals surface area contributed by atoms with Gasteiger partial charge in [0.2, 0.25) is 0 Å². The SMILES string of the molecule is O=C1[C@@H]2CCC[C@@H]2C1(c1ccccc1)c1ccccc1. The van der Waals surface area contributed by atoms with Gasteiger partial charge in [-0.3, -0.25) is 4.79 Å². The highest BCUT2D eigenvalue weighted by molar-refractivity contribution is 6.02. The third-order valence-corrected chi connectivity index (χ3v) is 5.26. The van der Waals surface area contributed by atoms with E-state index < -0.39 is 0 Å². The van der Waals surface area contributed by atoms with Crippen molar-refractivity contribution in [2.24, 2.45) is 11.8 Å². The first-order chi connectivity index (χ1) is 9.85. The summed E-state index contributed by atoms with van der Waals surface area (Å²) in [7, 11) is 0. The summed E-state index contributed by atoms with van der Waals surface area (Å²) >= 11 is 0. The Morgan fingerprint density at radius 2 is 1.35 bits per heavy atom. The molecular weight excluding hydrogens is 244 g/mol. The van der Waals surface area contributed by atoms with Crippen LogP contribution in [0.5, 0.6) is 0 Å². The van der Waals surface area contributed by atoms with Gasteiger partial charge in [0.25, 0.3) is 0 Å². The first kappa shape index (κ1) is 11.9. The minimum absolute atomic E-state index is 0.301. The van der Waals surface area contributed by atoms with Gasteiger partial charge < -0.3 is 0 Å². The van der Waals surface area contributed by atoms with Gasteiger partial charge in [-0.1, -0.05) is 67.1 Å². The highest BCUT2D eigenvalue weighted by atomic mass is 16.1. The van der Waals surface area contributed by atoms with Gasteiger partial charge in [-0.15, -0.1) is 0 Å². The Kier molecular flexibility index (Phi) is 2.56. The number of carbonyl (C=O) groups excluding carboxylic acids is 1. The molecule has 0 unspecified atom stereocenters. The molecule has 2 fully saturated rings. The summed E-state index contributed by atoms with van der Waals surface area (Å²) in [5, 5.41) is 0. The highest BCUT2D eigenvalue weighted by Crippen LogP contribution is 2.60. The molecular formula is C19H18O. The number of carbonyl (C=O) groups is 1. The molecule has 0 aromatic heterocycles. The smallest absolute Gasteiger partial charge is 0.151 e. The molecule has 2 aromatic rings. The molecule has 0 bridgehead atoms. The normalized spacial score (nSPS) is 26.9. The molecule has 0 spiro atoms. The number of hydrogen-bond acceptors (Lipinski definition) is 1. The largest absolute Gasteiger partial charge is 0.298 e. The third kappa shape index (κ3) is 1.35. The van der Waals surface area contributed by atoms with E-state index in [4.69, 9.17) is 0 Å². The van der Waals surface area contributed by atoms with Crippen LogP contribution in [0.3, 0.4) is 0 Å². The summed E-state index contributed by atoms with van der Waals surface area (Å²) < 4.78 is 0. The maximum Gasteiger partial charge on any atom is 0.151 e. The zero-order valence-electron chi connectivity index (χ0n) is 11.5. The summed E-state index contributed by atoms with van der Waals surface area (Å²) in [5.41, 5.74) is 1.99. The lowest BCUT2D eigenvalue weighted by molar-refractivity contribution is -0.141. The Balaban J connectivity index is 1.93. The number of fused-ring (bicyclic) bond motifs is 1. The van der Waals surface area contributed by atoms with E-state index in [0.717, 1.165) is 6.42 Å². The first-order valence-corrected chi connectivity index (χ1v) is 7.50. The van der Waals surface area contributed by atoms with Gasteiger partial charge >= 0.3 is 0 Å². The Morgan fingerprint density at radius 1 is 0.800 bits per heavy atom. The molecule has 2 atom stereocenters. The quantitative estimate of drug-likeness (QED) is 0.800. The average molecular weight is 262 g/mol. The fourth-order valence-corrected chi connectivity index (χ4v) is 4.45. The molecule has 0 heterocycles. The summed E-state index contributed by atoms with van der Waals surface area (Å²) in [6.45, 7) is 0. The third-order valence-electron chi connectivity index (χ3n) is 5.26. The van der Waals surface area contributed by atoms with E-state index in [1.165, 1.54) is 24.0 Å². The summed E-state index contributed by atoms with van der Waals surface area (Å²) in [6.07, 6.45) is 3.47. The van der Waals surface area contributed by atoms with E-state index in [9.17, 15) is 4.79 Å². The van der Waals surface area contributed by atoms with E-state index in [-0.39, 0.29) is 5.41 Å². The van der Waals surface area contributed by atoms with Crippen LogP contribution < -0.4 is 0 Å². The lowest BCUT2D eigenvalue weighted by Crippen LogP contribution is -2.59. The van der Waals surface area contributed by atoms with Gasteiger partial charge in [0.05, 0.1) is 5.41 Å². The number of ketones is 1. The Labute approximate surface area is 119 Å². The summed E-state index contributed by atoms with van der Waals surface area (Å²) in [5.74, 6) is 1.24. The second-order valence-electron chi connectivity index (χ2n) is 6.05. The molecule has 0 aliphatic heterocycles. The van der Waals surface area contributed by atoms with Crippen molar-refractivity contribution in [3.63, 3.8) is 0 Å². The zero-order chi connectivity index (χ0) is 13.6. The fourth-order valence-electron chi connectivity index (χ4n) is 4.45. The van der Waals surface area contributed by atoms with Crippen LogP contribution in [-0.4, -0.2) is 5.78 Å². The van der Waals surface area contributed by atoms with Crippen molar-refractivity contribution in [2.75, 3.05) is 0 Å². The van der Waals surface area contributed by atoms with E-state index in [1.54, 1.807) is 0 Å². The molecule has 2 aliphatic rings. The molecule has 4 rings (SSSR count). The zero-order valence-corrected chi connectivity index (χ0v) is 11.5.